The molecule has 1 aliphatic heterocycles. The number of hydrogen-bond acceptors (Lipinski definition) is 3. The summed E-state index contributed by atoms with van der Waals surface area (Å²) in [5.74, 6) is -0.572. The predicted octanol–water partition coefficient (Wildman–Crippen LogP) is 0.992. The van der Waals surface area contributed by atoms with Crippen molar-refractivity contribution in [3.05, 3.63) is 0 Å². The number of carbonyl (C=O) groups is 2. The normalized spacial score (nSPS) is 22.4. The number of amides is 1. The molecule has 1 heterocycles. The van der Waals surface area contributed by atoms with Crippen LogP contribution in [-0.2, 0) is 9.59 Å². The lowest BCUT2D eigenvalue weighted by atomic mass is 9.98. The number of carboxylic acid groups (broad SMARTS) is 1. The van der Waals surface area contributed by atoms with Crippen LogP contribution in [-0.4, -0.2) is 36.1 Å². The lowest BCUT2D eigenvalue weighted by Gasteiger charge is -2.20. The van der Waals surface area contributed by atoms with Crippen LogP contribution in [0.25, 0.3) is 0 Å². The van der Waals surface area contributed by atoms with Gasteiger partial charge in [-0.25, -0.2) is 4.79 Å². The van der Waals surface area contributed by atoms with Gasteiger partial charge in [0.1, 0.15) is 6.04 Å². The Hall–Kier alpha value is -1.10. The van der Waals surface area contributed by atoms with Crippen molar-refractivity contribution in [1.82, 2.24) is 10.6 Å². The highest BCUT2D eigenvalue weighted by molar-refractivity contribution is 5.83. The zero-order valence-corrected chi connectivity index (χ0v) is 11.2. The van der Waals surface area contributed by atoms with E-state index in [1.807, 2.05) is 13.8 Å². The van der Waals surface area contributed by atoms with Gasteiger partial charge in [-0.2, -0.15) is 0 Å². The Kier molecular flexibility index (Phi) is 6.12. The molecule has 0 bridgehead atoms. The summed E-state index contributed by atoms with van der Waals surface area (Å²) >= 11 is 0. The minimum atomic E-state index is -0.944. The summed E-state index contributed by atoms with van der Waals surface area (Å²) in [6.45, 7) is 5.77. The van der Waals surface area contributed by atoms with Gasteiger partial charge in [-0.15, -0.1) is 0 Å². The largest absolute Gasteiger partial charge is 0.480 e. The molecule has 1 fully saturated rings. The lowest BCUT2D eigenvalue weighted by molar-refractivity contribution is -0.143. The van der Waals surface area contributed by atoms with Crippen molar-refractivity contribution in [3.8, 4) is 0 Å². The Morgan fingerprint density at radius 3 is 2.72 bits per heavy atom. The Morgan fingerprint density at radius 2 is 2.22 bits per heavy atom. The van der Waals surface area contributed by atoms with Crippen molar-refractivity contribution in [1.29, 1.82) is 0 Å². The molecule has 3 atom stereocenters. The summed E-state index contributed by atoms with van der Waals surface area (Å²) in [5, 5.41) is 15.0. The maximum atomic E-state index is 11.7. The average molecular weight is 256 g/mol. The fourth-order valence-electron chi connectivity index (χ4n) is 2.22. The molecule has 0 spiro atoms. The zero-order chi connectivity index (χ0) is 13.5. The summed E-state index contributed by atoms with van der Waals surface area (Å²) in [6.07, 6.45) is 3.11. The molecule has 3 N–H and O–H groups in total. The quantitative estimate of drug-likeness (QED) is 0.635. The van der Waals surface area contributed by atoms with Crippen molar-refractivity contribution in [2.24, 2.45) is 11.8 Å². The first-order valence-corrected chi connectivity index (χ1v) is 6.77. The first-order chi connectivity index (χ1) is 8.54. The Morgan fingerprint density at radius 1 is 1.50 bits per heavy atom. The van der Waals surface area contributed by atoms with E-state index in [4.69, 9.17) is 5.11 Å². The standard InChI is InChI=1S/C13H24N2O3/c1-3-9(2)12(13(17)18)15-11(16)5-4-10-6-7-14-8-10/h9-10,12,14H,3-8H2,1-2H3,(H,15,16)(H,17,18)/t9-,10?,12-/m0/s1. The van der Waals surface area contributed by atoms with Gasteiger partial charge in [0.05, 0.1) is 0 Å². The summed E-state index contributed by atoms with van der Waals surface area (Å²) in [6, 6.07) is -0.760. The van der Waals surface area contributed by atoms with Crippen molar-refractivity contribution in [2.45, 2.75) is 45.6 Å². The molecule has 104 valence electrons. The molecule has 1 rings (SSSR count). The van der Waals surface area contributed by atoms with E-state index < -0.39 is 12.0 Å². The van der Waals surface area contributed by atoms with Gasteiger partial charge >= 0.3 is 5.97 Å². The number of carboxylic acids is 1. The molecule has 0 aromatic rings. The number of rotatable bonds is 7. The van der Waals surface area contributed by atoms with E-state index in [0.717, 1.165) is 32.4 Å². The van der Waals surface area contributed by atoms with Crippen LogP contribution >= 0.6 is 0 Å². The number of carbonyl (C=O) groups excluding carboxylic acids is 1. The van der Waals surface area contributed by atoms with Crippen LogP contribution < -0.4 is 10.6 Å². The summed E-state index contributed by atoms with van der Waals surface area (Å²) in [4.78, 5) is 22.8. The Labute approximate surface area is 108 Å². The second kappa shape index (κ2) is 7.36. The highest BCUT2D eigenvalue weighted by atomic mass is 16.4. The maximum absolute atomic E-state index is 11.7. The van der Waals surface area contributed by atoms with E-state index in [2.05, 4.69) is 10.6 Å². The topological polar surface area (TPSA) is 78.4 Å². The van der Waals surface area contributed by atoms with E-state index in [1.54, 1.807) is 0 Å². The van der Waals surface area contributed by atoms with Crippen LogP contribution in [0.2, 0.25) is 0 Å². The van der Waals surface area contributed by atoms with E-state index in [0.29, 0.717) is 12.3 Å². The van der Waals surface area contributed by atoms with Gasteiger partial charge in [-0.05, 0) is 37.8 Å². The minimum Gasteiger partial charge on any atom is -0.480 e. The molecule has 1 amide bonds. The highest BCUT2D eigenvalue weighted by Crippen LogP contribution is 2.14. The van der Waals surface area contributed by atoms with Gasteiger partial charge in [-0.3, -0.25) is 4.79 Å². The fraction of sp³-hybridized carbons (Fsp3) is 0.846. The number of hydrogen-bond donors (Lipinski definition) is 3. The first-order valence-electron chi connectivity index (χ1n) is 6.77. The summed E-state index contributed by atoms with van der Waals surface area (Å²) in [5.41, 5.74) is 0. The van der Waals surface area contributed by atoms with Gasteiger partial charge in [-0.1, -0.05) is 20.3 Å². The third-order valence-corrected chi connectivity index (χ3v) is 3.74. The van der Waals surface area contributed by atoms with Crippen molar-refractivity contribution in [2.75, 3.05) is 13.1 Å². The van der Waals surface area contributed by atoms with E-state index >= 15 is 0 Å². The van der Waals surface area contributed by atoms with Crippen LogP contribution in [0.3, 0.4) is 0 Å². The van der Waals surface area contributed by atoms with Crippen LogP contribution in [0.15, 0.2) is 0 Å². The van der Waals surface area contributed by atoms with Gasteiger partial charge in [0.2, 0.25) is 5.91 Å². The number of nitrogens with one attached hydrogen (secondary N) is 2. The molecular weight excluding hydrogens is 232 g/mol. The van der Waals surface area contributed by atoms with Crippen LogP contribution in [0.5, 0.6) is 0 Å². The third kappa shape index (κ3) is 4.64. The molecule has 0 saturated carbocycles. The first kappa shape index (κ1) is 15.0. The second-order valence-corrected chi connectivity index (χ2v) is 5.17. The van der Waals surface area contributed by atoms with Gasteiger partial charge in [0.15, 0.2) is 0 Å². The predicted molar refractivity (Wildman–Crippen MR) is 69.2 cm³/mol. The van der Waals surface area contributed by atoms with Crippen LogP contribution in [0.4, 0.5) is 0 Å². The molecule has 1 saturated heterocycles. The third-order valence-electron chi connectivity index (χ3n) is 3.74. The molecule has 0 radical (unpaired) electrons. The maximum Gasteiger partial charge on any atom is 0.326 e. The SMILES string of the molecule is CC[C@H](C)[C@H](NC(=O)CCC1CCNC1)C(=O)O. The van der Waals surface area contributed by atoms with Crippen LogP contribution in [0, 0.1) is 11.8 Å². The molecule has 5 heteroatoms. The van der Waals surface area contributed by atoms with E-state index in [-0.39, 0.29) is 11.8 Å². The van der Waals surface area contributed by atoms with Gasteiger partial charge in [0.25, 0.3) is 0 Å². The van der Waals surface area contributed by atoms with E-state index in [9.17, 15) is 9.59 Å². The summed E-state index contributed by atoms with van der Waals surface area (Å²) < 4.78 is 0. The fourth-order valence-corrected chi connectivity index (χ4v) is 2.22. The van der Waals surface area contributed by atoms with Crippen molar-refractivity contribution >= 4 is 11.9 Å². The molecular formula is C13H24N2O3. The lowest BCUT2D eigenvalue weighted by Crippen LogP contribution is -2.45. The monoisotopic (exact) mass is 256 g/mol. The molecule has 1 unspecified atom stereocenters. The Balaban J connectivity index is 2.33. The molecule has 18 heavy (non-hydrogen) atoms. The van der Waals surface area contributed by atoms with Gasteiger partial charge < -0.3 is 15.7 Å². The summed E-state index contributed by atoms with van der Waals surface area (Å²) in [7, 11) is 0. The van der Waals surface area contributed by atoms with Crippen LogP contribution in [0.1, 0.15) is 39.5 Å². The molecule has 5 nitrogen and oxygen atoms in total. The molecule has 1 aliphatic rings. The Bertz CT molecular complexity index is 288. The second-order valence-electron chi connectivity index (χ2n) is 5.17. The highest BCUT2D eigenvalue weighted by Gasteiger charge is 2.25. The van der Waals surface area contributed by atoms with Crippen molar-refractivity contribution in [3.63, 3.8) is 0 Å². The average Bonchev–Trinajstić information content (AvgIpc) is 2.85. The molecule has 0 aromatic carbocycles. The molecule has 0 aromatic heterocycles. The molecule has 0 aliphatic carbocycles. The number of aliphatic carboxylic acids is 1. The van der Waals surface area contributed by atoms with E-state index in [1.165, 1.54) is 0 Å². The smallest absolute Gasteiger partial charge is 0.326 e. The van der Waals surface area contributed by atoms with Crippen molar-refractivity contribution < 1.29 is 14.7 Å². The zero-order valence-electron chi connectivity index (χ0n) is 11.2. The van der Waals surface area contributed by atoms with Gasteiger partial charge in [0, 0.05) is 6.42 Å². The minimum absolute atomic E-state index is 0.0420.